The molecule has 4 rings (SSSR count). The van der Waals surface area contributed by atoms with E-state index in [4.69, 9.17) is 4.52 Å². The van der Waals surface area contributed by atoms with Crippen LogP contribution in [-0.2, 0) is 16.0 Å². The van der Waals surface area contributed by atoms with Gasteiger partial charge < -0.3 is 14.5 Å². The smallest absolute Gasteiger partial charge is 0.326 e. The van der Waals surface area contributed by atoms with Crippen molar-refractivity contribution in [3.8, 4) is 0 Å². The van der Waals surface area contributed by atoms with E-state index in [9.17, 15) is 14.7 Å². The quantitative estimate of drug-likeness (QED) is 0.849. The number of aliphatic carboxylic acids is 1. The molecule has 2 saturated carbocycles. The highest BCUT2D eigenvalue weighted by Gasteiger charge is 2.47. The van der Waals surface area contributed by atoms with Crippen LogP contribution in [0.5, 0.6) is 0 Å². The van der Waals surface area contributed by atoms with Gasteiger partial charge in [0.05, 0.1) is 0 Å². The highest BCUT2D eigenvalue weighted by Crippen LogP contribution is 2.40. The van der Waals surface area contributed by atoms with Crippen molar-refractivity contribution in [2.45, 2.75) is 82.2 Å². The van der Waals surface area contributed by atoms with E-state index in [1.165, 1.54) is 0 Å². The third kappa shape index (κ3) is 3.41. The van der Waals surface area contributed by atoms with Gasteiger partial charge in [0, 0.05) is 24.8 Å². The Morgan fingerprint density at radius 3 is 2.76 bits per heavy atom. The summed E-state index contributed by atoms with van der Waals surface area (Å²) in [6.07, 6.45) is 8.62. The molecule has 3 atom stereocenters. The molecule has 1 aromatic rings. The normalized spacial score (nSPS) is 28.8. The van der Waals surface area contributed by atoms with Crippen LogP contribution in [0.15, 0.2) is 4.52 Å². The van der Waals surface area contributed by atoms with Crippen molar-refractivity contribution in [2.24, 2.45) is 5.92 Å². The molecule has 7 nitrogen and oxygen atoms in total. The molecule has 0 aromatic carbocycles. The van der Waals surface area contributed by atoms with Gasteiger partial charge in [0.1, 0.15) is 6.04 Å². The van der Waals surface area contributed by atoms with Crippen LogP contribution in [0.1, 0.15) is 75.4 Å². The minimum absolute atomic E-state index is 0.0382. The number of aromatic nitrogens is 2. The Kier molecular flexibility index (Phi) is 4.48. The lowest BCUT2D eigenvalue weighted by molar-refractivity contribution is -0.149. The summed E-state index contributed by atoms with van der Waals surface area (Å²) in [4.78, 5) is 30.4. The zero-order valence-electron chi connectivity index (χ0n) is 14.4. The summed E-state index contributed by atoms with van der Waals surface area (Å²) in [7, 11) is 0. The van der Waals surface area contributed by atoms with E-state index in [1.54, 1.807) is 4.90 Å². The van der Waals surface area contributed by atoms with Crippen LogP contribution in [0.3, 0.4) is 0 Å². The lowest BCUT2D eigenvalue weighted by Gasteiger charge is -2.33. The minimum Gasteiger partial charge on any atom is -0.480 e. The van der Waals surface area contributed by atoms with Crippen molar-refractivity contribution in [1.82, 2.24) is 15.0 Å². The van der Waals surface area contributed by atoms with Gasteiger partial charge in [0.2, 0.25) is 11.8 Å². The Morgan fingerprint density at radius 1 is 1.20 bits per heavy atom. The van der Waals surface area contributed by atoms with Crippen LogP contribution in [0.4, 0.5) is 0 Å². The van der Waals surface area contributed by atoms with Gasteiger partial charge in [-0.05, 0) is 44.4 Å². The molecular weight excluding hydrogens is 322 g/mol. The average molecular weight is 347 g/mol. The average Bonchev–Trinajstić information content (AvgIpc) is 3.21. The van der Waals surface area contributed by atoms with Crippen LogP contribution >= 0.6 is 0 Å². The first-order valence-electron chi connectivity index (χ1n) is 9.50. The Bertz CT molecular complexity index is 655. The number of fused-ring (bicyclic) bond motifs is 1. The standard InChI is InChI=1S/C18H25N3O4/c22-16(7-3-6-15-19-17(20-25-15)11-8-9-11)21-13-5-2-1-4-12(13)10-14(21)18(23)24/h11-14H,1-10H2,(H,23,24)/t12-,13+,14+/m1/s1. The van der Waals surface area contributed by atoms with E-state index in [-0.39, 0.29) is 11.9 Å². The van der Waals surface area contributed by atoms with Gasteiger partial charge in [-0.25, -0.2) is 4.79 Å². The number of aryl methyl sites for hydroxylation is 1. The fourth-order valence-electron chi connectivity index (χ4n) is 4.44. The van der Waals surface area contributed by atoms with Crippen molar-refractivity contribution in [2.75, 3.05) is 0 Å². The Hall–Kier alpha value is -1.92. The largest absolute Gasteiger partial charge is 0.480 e. The molecule has 3 fully saturated rings. The van der Waals surface area contributed by atoms with Crippen LogP contribution in [0.2, 0.25) is 0 Å². The highest BCUT2D eigenvalue weighted by molar-refractivity contribution is 5.84. The number of carbonyl (C=O) groups excluding carboxylic acids is 1. The van der Waals surface area contributed by atoms with Crippen molar-refractivity contribution in [3.05, 3.63) is 11.7 Å². The van der Waals surface area contributed by atoms with Gasteiger partial charge in [-0.3, -0.25) is 4.79 Å². The maximum atomic E-state index is 12.7. The van der Waals surface area contributed by atoms with Crippen LogP contribution < -0.4 is 0 Å². The number of amides is 1. The van der Waals surface area contributed by atoms with Gasteiger partial charge >= 0.3 is 5.97 Å². The molecule has 136 valence electrons. The molecule has 25 heavy (non-hydrogen) atoms. The number of likely N-dealkylation sites (tertiary alicyclic amines) is 1. The fraction of sp³-hybridized carbons (Fsp3) is 0.778. The summed E-state index contributed by atoms with van der Waals surface area (Å²) in [6, 6.07) is -0.530. The first kappa shape index (κ1) is 16.5. The molecule has 1 saturated heterocycles. The second-order valence-electron chi connectivity index (χ2n) is 7.68. The minimum atomic E-state index is -0.867. The zero-order chi connectivity index (χ0) is 17.4. The maximum absolute atomic E-state index is 12.7. The molecule has 2 heterocycles. The highest BCUT2D eigenvalue weighted by atomic mass is 16.5. The third-order valence-electron chi connectivity index (χ3n) is 5.87. The maximum Gasteiger partial charge on any atom is 0.326 e. The Balaban J connectivity index is 1.34. The van der Waals surface area contributed by atoms with Gasteiger partial charge in [0.15, 0.2) is 5.82 Å². The molecule has 1 aliphatic heterocycles. The van der Waals surface area contributed by atoms with E-state index in [2.05, 4.69) is 10.1 Å². The van der Waals surface area contributed by atoms with Gasteiger partial charge in [-0.1, -0.05) is 18.0 Å². The molecule has 1 N–H and O–H groups in total. The van der Waals surface area contributed by atoms with Crippen LogP contribution in [-0.4, -0.2) is 44.1 Å². The number of hydrogen-bond acceptors (Lipinski definition) is 5. The lowest BCUT2D eigenvalue weighted by atomic mass is 9.84. The second-order valence-corrected chi connectivity index (χ2v) is 7.68. The molecule has 2 aliphatic carbocycles. The number of hydrogen-bond donors (Lipinski definition) is 1. The molecule has 0 radical (unpaired) electrons. The number of carboxylic acid groups (broad SMARTS) is 1. The first-order valence-corrected chi connectivity index (χ1v) is 9.50. The molecule has 0 unspecified atom stereocenters. The SMILES string of the molecule is O=C(O)[C@@H]1C[C@H]2CCCC[C@@H]2N1C(=O)CCCc1nc(C2CC2)no1. The summed E-state index contributed by atoms with van der Waals surface area (Å²) in [5.41, 5.74) is 0. The zero-order valence-corrected chi connectivity index (χ0v) is 14.4. The van der Waals surface area contributed by atoms with E-state index in [0.29, 0.717) is 43.4 Å². The van der Waals surface area contributed by atoms with Crippen LogP contribution in [0, 0.1) is 5.92 Å². The topological polar surface area (TPSA) is 96.5 Å². The fourth-order valence-corrected chi connectivity index (χ4v) is 4.44. The van der Waals surface area contributed by atoms with E-state index < -0.39 is 12.0 Å². The molecule has 7 heteroatoms. The summed E-state index contributed by atoms with van der Waals surface area (Å²) in [5, 5.41) is 13.5. The Morgan fingerprint density at radius 2 is 2.00 bits per heavy atom. The molecular formula is C18H25N3O4. The summed E-state index contributed by atoms with van der Waals surface area (Å²) in [6.45, 7) is 0. The molecule has 1 aromatic heterocycles. The molecule has 1 amide bonds. The van der Waals surface area contributed by atoms with Crippen LogP contribution in [0.25, 0.3) is 0 Å². The lowest BCUT2D eigenvalue weighted by Crippen LogP contribution is -2.46. The summed E-state index contributed by atoms with van der Waals surface area (Å²) in [5.74, 6) is 1.29. The molecule has 3 aliphatic rings. The van der Waals surface area contributed by atoms with Gasteiger partial charge in [-0.2, -0.15) is 4.98 Å². The van der Waals surface area contributed by atoms with Crippen molar-refractivity contribution < 1.29 is 19.2 Å². The number of carbonyl (C=O) groups is 2. The monoisotopic (exact) mass is 347 g/mol. The number of nitrogens with zero attached hydrogens (tertiary/aromatic N) is 3. The predicted octanol–water partition coefficient (Wildman–Crippen LogP) is 2.51. The predicted molar refractivity (Wildman–Crippen MR) is 87.8 cm³/mol. The van der Waals surface area contributed by atoms with Crippen molar-refractivity contribution in [1.29, 1.82) is 0 Å². The van der Waals surface area contributed by atoms with Gasteiger partial charge in [0.25, 0.3) is 0 Å². The third-order valence-corrected chi connectivity index (χ3v) is 5.87. The number of carboxylic acids is 1. The molecule has 0 bridgehead atoms. The van der Waals surface area contributed by atoms with Gasteiger partial charge in [-0.15, -0.1) is 0 Å². The summed E-state index contributed by atoms with van der Waals surface area (Å²) >= 11 is 0. The second kappa shape index (κ2) is 6.77. The van der Waals surface area contributed by atoms with E-state index >= 15 is 0 Å². The molecule has 0 spiro atoms. The van der Waals surface area contributed by atoms with E-state index in [0.717, 1.165) is 44.3 Å². The first-order chi connectivity index (χ1) is 12.1. The van der Waals surface area contributed by atoms with Crippen molar-refractivity contribution >= 4 is 11.9 Å². The summed E-state index contributed by atoms with van der Waals surface area (Å²) < 4.78 is 5.24. The Labute approximate surface area is 146 Å². The number of rotatable bonds is 6. The van der Waals surface area contributed by atoms with E-state index in [1.807, 2.05) is 0 Å². The van der Waals surface area contributed by atoms with Crippen molar-refractivity contribution in [3.63, 3.8) is 0 Å².